The molecule has 0 fully saturated rings. The Hall–Kier alpha value is -2.08. The van der Waals surface area contributed by atoms with Gasteiger partial charge in [-0.3, -0.25) is 0 Å². The lowest BCUT2D eigenvalue weighted by Gasteiger charge is -2.28. The van der Waals surface area contributed by atoms with Gasteiger partial charge in [0.1, 0.15) is 12.4 Å². The van der Waals surface area contributed by atoms with Crippen molar-refractivity contribution in [2.45, 2.75) is 25.3 Å². The third-order valence-corrected chi connectivity index (χ3v) is 4.98. The smallest absolute Gasteiger partial charge is 0.317 e. The molecule has 2 heterocycles. The van der Waals surface area contributed by atoms with Crippen molar-refractivity contribution < 1.29 is 9.53 Å². The Morgan fingerprint density at radius 3 is 3.13 bits per heavy atom. The van der Waals surface area contributed by atoms with E-state index in [0.717, 1.165) is 22.7 Å². The van der Waals surface area contributed by atoms with E-state index in [2.05, 4.69) is 17.2 Å². The molecule has 2 amide bonds. The number of thiazole rings is 1. The van der Waals surface area contributed by atoms with Gasteiger partial charge in [0, 0.05) is 31.1 Å². The van der Waals surface area contributed by atoms with Crippen LogP contribution in [-0.4, -0.2) is 42.2 Å². The third kappa shape index (κ3) is 3.82. The van der Waals surface area contributed by atoms with Crippen molar-refractivity contribution in [2.24, 2.45) is 0 Å². The number of amides is 2. The lowest BCUT2D eigenvalue weighted by Crippen LogP contribution is -2.48. The first-order valence-electron chi connectivity index (χ1n) is 7.75. The first-order valence-corrected chi connectivity index (χ1v) is 8.63. The molecule has 0 aliphatic carbocycles. The van der Waals surface area contributed by atoms with Crippen LogP contribution in [0.2, 0.25) is 0 Å². The van der Waals surface area contributed by atoms with E-state index in [1.54, 1.807) is 22.4 Å². The molecule has 23 heavy (non-hydrogen) atoms. The number of carbonyl (C=O) groups is 1. The molecule has 2 atom stereocenters. The summed E-state index contributed by atoms with van der Waals surface area (Å²) in [7, 11) is 1.82. The van der Waals surface area contributed by atoms with E-state index in [0.29, 0.717) is 13.2 Å². The number of rotatable bonds is 4. The van der Waals surface area contributed by atoms with Gasteiger partial charge in [-0.05, 0) is 18.1 Å². The second-order valence-corrected chi connectivity index (χ2v) is 6.85. The number of hydrogen-bond donors (Lipinski definition) is 1. The molecule has 122 valence electrons. The number of nitrogens with one attached hydrogen (secondary N) is 1. The Kier molecular flexibility index (Phi) is 4.81. The molecular weight excluding hydrogens is 310 g/mol. The zero-order valence-electron chi connectivity index (χ0n) is 13.4. The number of benzene rings is 1. The lowest BCUT2D eigenvalue weighted by atomic mass is 10.0. The highest BCUT2D eigenvalue weighted by molar-refractivity contribution is 7.09. The topological polar surface area (TPSA) is 54.5 Å². The molecule has 0 saturated carbocycles. The number of hydrogen-bond acceptors (Lipinski definition) is 4. The number of carbonyl (C=O) groups excluding carboxylic acids is 1. The van der Waals surface area contributed by atoms with Crippen molar-refractivity contribution in [3.8, 4) is 5.75 Å². The van der Waals surface area contributed by atoms with Gasteiger partial charge in [-0.1, -0.05) is 25.1 Å². The van der Waals surface area contributed by atoms with Gasteiger partial charge in [0.15, 0.2) is 0 Å². The SMILES string of the molecule is C[C@H](CN(C)C(=O)N[C@@H]1COc2ccccc2C1)c1nccs1. The summed E-state index contributed by atoms with van der Waals surface area (Å²) in [5.41, 5.74) is 1.14. The molecule has 1 aromatic carbocycles. The van der Waals surface area contributed by atoms with Crippen LogP contribution in [0.4, 0.5) is 4.79 Å². The van der Waals surface area contributed by atoms with Gasteiger partial charge < -0.3 is 15.0 Å². The predicted molar refractivity (Wildman–Crippen MR) is 91.1 cm³/mol. The molecule has 3 rings (SSSR count). The van der Waals surface area contributed by atoms with E-state index in [4.69, 9.17) is 4.74 Å². The summed E-state index contributed by atoms with van der Waals surface area (Å²) in [6, 6.07) is 7.91. The van der Waals surface area contributed by atoms with Crippen LogP contribution in [0.1, 0.15) is 23.4 Å². The van der Waals surface area contributed by atoms with Gasteiger partial charge in [-0.2, -0.15) is 0 Å². The van der Waals surface area contributed by atoms with Crippen LogP contribution in [0.25, 0.3) is 0 Å². The predicted octanol–water partition coefficient (Wildman–Crippen LogP) is 2.89. The highest BCUT2D eigenvalue weighted by Crippen LogP contribution is 2.24. The third-order valence-electron chi connectivity index (χ3n) is 3.97. The molecule has 0 saturated heterocycles. The number of fused-ring (bicyclic) bond motifs is 1. The van der Waals surface area contributed by atoms with E-state index in [1.807, 2.05) is 36.7 Å². The maximum absolute atomic E-state index is 12.4. The largest absolute Gasteiger partial charge is 0.491 e. The zero-order valence-corrected chi connectivity index (χ0v) is 14.2. The Labute approximate surface area is 140 Å². The van der Waals surface area contributed by atoms with Gasteiger partial charge in [-0.25, -0.2) is 9.78 Å². The molecule has 1 aliphatic heterocycles. The number of aromatic nitrogens is 1. The van der Waals surface area contributed by atoms with Crippen molar-refractivity contribution in [3.05, 3.63) is 46.4 Å². The van der Waals surface area contributed by atoms with Gasteiger partial charge in [0.2, 0.25) is 0 Å². The fraction of sp³-hybridized carbons (Fsp3) is 0.412. The van der Waals surface area contributed by atoms with E-state index in [-0.39, 0.29) is 18.0 Å². The number of para-hydroxylation sites is 1. The number of ether oxygens (including phenoxy) is 1. The van der Waals surface area contributed by atoms with E-state index < -0.39 is 0 Å². The Balaban J connectivity index is 1.53. The molecule has 0 bridgehead atoms. The lowest BCUT2D eigenvalue weighted by molar-refractivity contribution is 0.187. The van der Waals surface area contributed by atoms with Gasteiger partial charge in [0.05, 0.1) is 11.0 Å². The summed E-state index contributed by atoms with van der Waals surface area (Å²) < 4.78 is 5.72. The summed E-state index contributed by atoms with van der Waals surface area (Å²) in [4.78, 5) is 18.4. The minimum absolute atomic E-state index is 0.00928. The van der Waals surface area contributed by atoms with Crippen LogP contribution < -0.4 is 10.1 Å². The molecule has 5 nitrogen and oxygen atoms in total. The molecule has 6 heteroatoms. The summed E-state index contributed by atoms with van der Waals surface area (Å²) in [6.07, 6.45) is 2.60. The quantitative estimate of drug-likeness (QED) is 0.937. The van der Waals surface area contributed by atoms with E-state index in [9.17, 15) is 4.79 Å². The molecule has 1 aliphatic rings. The first kappa shape index (κ1) is 15.8. The average Bonchev–Trinajstić information content (AvgIpc) is 3.09. The average molecular weight is 331 g/mol. The summed E-state index contributed by atoms with van der Waals surface area (Å²) in [5, 5.41) is 6.07. The first-order chi connectivity index (χ1) is 11.1. The van der Waals surface area contributed by atoms with Crippen molar-refractivity contribution in [1.29, 1.82) is 0 Å². The van der Waals surface area contributed by atoms with Crippen LogP contribution in [0.3, 0.4) is 0 Å². The Morgan fingerprint density at radius 2 is 2.35 bits per heavy atom. The van der Waals surface area contributed by atoms with Crippen LogP contribution in [0.15, 0.2) is 35.8 Å². The molecule has 1 N–H and O–H groups in total. The van der Waals surface area contributed by atoms with Crippen LogP contribution in [-0.2, 0) is 6.42 Å². The minimum atomic E-state index is -0.0682. The highest BCUT2D eigenvalue weighted by Gasteiger charge is 2.23. The van der Waals surface area contributed by atoms with Crippen molar-refractivity contribution in [1.82, 2.24) is 15.2 Å². The molecule has 1 aromatic heterocycles. The standard InChI is InChI=1S/C17H21N3O2S/c1-12(16-18-7-8-23-16)10-20(2)17(21)19-14-9-13-5-3-4-6-15(13)22-11-14/h3-8,12,14H,9-11H2,1-2H3,(H,19,21)/t12-,14+/m1/s1. The van der Waals surface area contributed by atoms with Crippen LogP contribution >= 0.6 is 11.3 Å². The normalized spacial score (nSPS) is 17.7. The zero-order chi connectivity index (χ0) is 16.2. The van der Waals surface area contributed by atoms with Gasteiger partial charge in [0.25, 0.3) is 0 Å². The number of urea groups is 1. The summed E-state index contributed by atoms with van der Waals surface area (Å²) >= 11 is 1.62. The molecule has 0 radical (unpaired) electrons. The van der Waals surface area contributed by atoms with E-state index >= 15 is 0 Å². The minimum Gasteiger partial charge on any atom is -0.491 e. The fourth-order valence-electron chi connectivity index (χ4n) is 2.76. The second kappa shape index (κ2) is 7.00. The fourth-order valence-corrected chi connectivity index (χ4v) is 3.44. The van der Waals surface area contributed by atoms with Crippen molar-refractivity contribution in [2.75, 3.05) is 20.2 Å². The van der Waals surface area contributed by atoms with Crippen molar-refractivity contribution in [3.63, 3.8) is 0 Å². The molecule has 2 aromatic rings. The highest BCUT2D eigenvalue weighted by atomic mass is 32.1. The maximum Gasteiger partial charge on any atom is 0.317 e. The van der Waals surface area contributed by atoms with Crippen molar-refractivity contribution >= 4 is 17.4 Å². The molecule has 0 spiro atoms. The van der Waals surface area contributed by atoms with E-state index in [1.165, 1.54) is 0 Å². The monoisotopic (exact) mass is 331 g/mol. The van der Waals surface area contributed by atoms with Gasteiger partial charge >= 0.3 is 6.03 Å². The Morgan fingerprint density at radius 1 is 1.52 bits per heavy atom. The number of likely N-dealkylation sites (N-methyl/N-ethyl adjacent to an activating group) is 1. The second-order valence-electron chi connectivity index (χ2n) is 5.92. The Bertz CT molecular complexity index is 660. The summed E-state index contributed by atoms with van der Waals surface area (Å²) in [5.74, 6) is 1.15. The van der Waals surface area contributed by atoms with Crippen LogP contribution in [0.5, 0.6) is 5.75 Å². The number of nitrogens with zero attached hydrogens (tertiary/aromatic N) is 2. The van der Waals surface area contributed by atoms with Crippen LogP contribution in [0, 0.1) is 0 Å². The summed E-state index contributed by atoms with van der Waals surface area (Å²) in [6.45, 7) is 3.24. The molecule has 0 unspecified atom stereocenters. The molecular formula is C17H21N3O2S. The maximum atomic E-state index is 12.4. The van der Waals surface area contributed by atoms with Gasteiger partial charge in [-0.15, -0.1) is 11.3 Å².